The summed E-state index contributed by atoms with van der Waals surface area (Å²) in [5.74, 6) is -0.992. The van der Waals surface area contributed by atoms with E-state index < -0.39 is 11.8 Å². The minimum atomic E-state index is -0.598. The fourth-order valence-electron chi connectivity index (χ4n) is 2.83. The maximum Gasteiger partial charge on any atom is 0.270 e. The molecule has 3 rings (SSSR count). The molecule has 0 aliphatic carbocycles. The number of aryl methyl sites for hydroxylation is 1. The molecule has 1 heterocycles. The molecule has 150 valence electrons. The van der Waals surface area contributed by atoms with Crippen LogP contribution in [0.15, 0.2) is 44.9 Å². The van der Waals surface area contributed by atoms with Crippen LogP contribution in [-0.2, 0) is 9.59 Å². The van der Waals surface area contributed by atoms with Crippen LogP contribution in [0.2, 0.25) is 0 Å². The van der Waals surface area contributed by atoms with E-state index in [9.17, 15) is 14.7 Å². The maximum absolute atomic E-state index is 13.2. The number of halogens is 2. The molecule has 0 radical (unpaired) electrons. The Labute approximate surface area is 189 Å². The third kappa shape index (κ3) is 4.08. The SMILES string of the molecule is CCOc1cc(/C=C2\C(=O)NC(=S)N(c3ccccc3C)C2=O)c(Br)c(Br)c1O. The van der Waals surface area contributed by atoms with E-state index in [1.165, 1.54) is 11.0 Å². The lowest BCUT2D eigenvalue weighted by Crippen LogP contribution is -2.54. The molecule has 0 atom stereocenters. The number of ether oxygens (including phenoxy) is 1. The van der Waals surface area contributed by atoms with Gasteiger partial charge in [-0.2, -0.15) is 0 Å². The molecule has 1 aliphatic rings. The smallest absolute Gasteiger partial charge is 0.270 e. The normalized spacial score (nSPS) is 15.7. The van der Waals surface area contributed by atoms with Gasteiger partial charge in [-0.15, -0.1) is 0 Å². The standard InChI is InChI=1S/C20H16Br2N2O4S/c1-3-28-14-9-11(15(21)16(22)17(14)25)8-12-18(26)23-20(29)24(19(12)27)13-7-5-4-6-10(13)2/h4-9,25H,3H2,1-2H3,(H,23,26,29)/b12-8+. The van der Waals surface area contributed by atoms with Crippen LogP contribution in [0, 0.1) is 6.92 Å². The molecule has 29 heavy (non-hydrogen) atoms. The molecule has 0 spiro atoms. The molecular weight excluding hydrogens is 524 g/mol. The Morgan fingerprint density at radius 3 is 2.59 bits per heavy atom. The van der Waals surface area contributed by atoms with Crippen LogP contribution in [0.5, 0.6) is 11.5 Å². The number of phenols is 1. The molecule has 2 aromatic carbocycles. The number of hydrogen-bond donors (Lipinski definition) is 2. The lowest BCUT2D eigenvalue weighted by Gasteiger charge is -2.30. The Bertz CT molecular complexity index is 1070. The van der Waals surface area contributed by atoms with Crippen molar-refractivity contribution in [1.29, 1.82) is 0 Å². The number of benzene rings is 2. The predicted molar refractivity (Wildman–Crippen MR) is 122 cm³/mol. The zero-order valence-electron chi connectivity index (χ0n) is 15.5. The van der Waals surface area contributed by atoms with E-state index in [2.05, 4.69) is 37.2 Å². The van der Waals surface area contributed by atoms with Gasteiger partial charge in [0.05, 0.1) is 16.8 Å². The zero-order chi connectivity index (χ0) is 21.3. The van der Waals surface area contributed by atoms with Gasteiger partial charge in [0.25, 0.3) is 11.8 Å². The number of thiocarbonyl (C=S) groups is 1. The number of phenolic OH excluding ortho intramolecular Hbond substituents is 1. The number of nitrogens with zero attached hydrogens (tertiary/aromatic N) is 1. The lowest BCUT2D eigenvalue weighted by molar-refractivity contribution is -0.122. The van der Waals surface area contributed by atoms with Gasteiger partial charge in [0, 0.05) is 4.47 Å². The van der Waals surface area contributed by atoms with E-state index in [4.69, 9.17) is 17.0 Å². The summed E-state index contributed by atoms with van der Waals surface area (Å²) in [6.45, 7) is 3.98. The lowest BCUT2D eigenvalue weighted by atomic mass is 10.1. The summed E-state index contributed by atoms with van der Waals surface area (Å²) in [5.41, 5.74) is 1.82. The average molecular weight is 540 g/mol. The van der Waals surface area contributed by atoms with Crippen LogP contribution in [-0.4, -0.2) is 28.6 Å². The quantitative estimate of drug-likeness (QED) is 0.341. The maximum atomic E-state index is 13.2. The van der Waals surface area contributed by atoms with E-state index in [0.717, 1.165) is 5.56 Å². The minimum absolute atomic E-state index is 0.0207. The first-order valence-electron chi connectivity index (χ1n) is 8.57. The van der Waals surface area contributed by atoms with Gasteiger partial charge >= 0.3 is 0 Å². The van der Waals surface area contributed by atoms with Crippen LogP contribution < -0.4 is 15.0 Å². The van der Waals surface area contributed by atoms with Crippen molar-refractivity contribution in [3.8, 4) is 11.5 Å². The summed E-state index contributed by atoms with van der Waals surface area (Å²) in [6.07, 6.45) is 1.43. The first-order valence-corrected chi connectivity index (χ1v) is 10.6. The fraction of sp³-hybridized carbons (Fsp3) is 0.150. The summed E-state index contributed by atoms with van der Waals surface area (Å²) in [7, 11) is 0. The molecule has 2 N–H and O–H groups in total. The first-order chi connectivity index (χ1) is 13.8. The highest BCUT2D eigenvalue weighted by Gasteiger charge is 2.35. The molecule has 1 saturated heterocycles. The molecule has 0 bridgehead atoms. The summed E-state index contributed by atoms with van der Waals surface area (Å²) < 4.78 is 6.26. The van der Waals surface area contributed by atoms with Crippen molar-refractivity contribution in [2.45, 2.75) is 13.8 Å². The fourth-order valence-corrected chi connectivity index (χ4v) is 3.94. The van der Waals surface area contributed by atoms with Gasteiger partial charge in [0.15, 0.2) is 16.6 Å². The number of anilines is 1. The molecule has 0 unspecified atom stereocenters. The van der Waals surface area contributed by atoms with Crippen molar-refractivity contribution in [1.82, 2.24) is 5.32 Å². The number of para-hydroxylation sites is 1. The minimum Gasteiger partial charge on any atom is -0.503 e. The van der Waals surface area contributed by atoms with E-state index in [1.54, 1.807) is 25.1 Å². The van der Waals surface area contributed by atoms with Crippen molar-refractivity contribution < 1.29 is 19.4 Å². The Morgan fingerprint density at radius 1 is 1.24 bits per heavy atom. The second kappa shape index (κ2) is 8.64. The number of hydrogen-bond acceptors (Lipinski definition) is 5. The summed E-state index contributed by atoms with van der Waals surface area (Å²) in [4.78, 5) is 27.0. The highest BCUT2D eigenvalue weighted by atomic mass is 79.9. The second-order valence-corrected chi connectivity index (χ2v) is 8.09. The highest BCUT2D eigenvalue weighted by molar-refractivity contribution is 9.13. The number of amides is 2. The van der Waals surface area contributed by atoms with Crippen LogP contribution in [0.3, 0.4) is 0 Å². The number of carbonyl (C=O) groups excluding carboxylic acids is 2. The van der Waals surface area contributed by atoms with Crippen LogP contribution >= 0.6 is 44.1 Å². The summed E-state index contributed by atoms with van der Waals surface area (Å²) in [5, 5.41) is 12.8. The Balaban J connectivity index is 2.11. The number of carbonyl (C=O) groups is 2. The van der Waals surface area contributed by atoms with Gasteiger partial charge in [0.1, 0.15) is 5.57 Å². The van der Waals surface area contributed by atoms with Crippen molar-refractivity contribution in [3.05, 3.63) is 56.0 Å². The van der Waals surface area contributed by atoms with E-state index in [0.29, 0.717) is 26.8 Å². The molecule has 6 nitrogen and oxygen atoms in total. The number of aromatic hydroxyl groups is 1. The van der Waals surface area contributed by atoms with Crippen molar-refractivity contribution in [3.63, 3.8) is 0 Å². The Morgan fingerprint density at radius 2 is 1.93 bits per heavy atom. The topological polar surface area (TPSA) is 78.9 Å². The van der Waals surface area contributed by atoms with Crippen molar-refractivity contribution >= 4 is 72.8 Å². The zero-order valence-corrected chi connectivity index (χ0v) is 19.4. The summed E-state index contributed by atoms with van der Waals surface area (Å²) in [6, 6.07) is 8.81. The Hall–Kier alpha value is -2.23. The van der Waals surface area contributed by atoms with Gasteiger partial charge < -0.3 is 9.84 Å². The van der Waals surface area contributed by atoms with Crippen molar-refractivity contribution in [2.24, 2.45) is 0 Å². The predicted octanol–water partition coefficient (Wildman–Crippen LogP) is 4.46. The average Bonchev–Trinajstić information content (AvgIpc) is 2.68. The number of nitrogens with one attached hydrogen (secondary N) is 1. The van der Waals surface area contributed by atoms with E-state index in [-0.39, 0.29) is 22.2 Å². The van der Waals surface area contributed by atoms with E-state index in [1.807, 2.05) is 19.1 Å². The molecule has 1 aliphatic heterocycles. The van der Waals surface area contributed by atoms with Crippen LogP contribution in [0.4, 0.5) is 5.69 Å². The number of rotatable bonds is 4. The second-order valence-electron chi connectivity index (χ2n) is 6.12. The molecule has 9 heteroatoms. The third-order valence-electron chi connectivity index (χ3n) is 4.23. The summed E-state index contributed by atoms with van der Waals surface area (Å²) >= 11 is 11.9. The molecule has 0 aromatic heterocycles. The first kappa shape index (κ1) is 21.5. The van der Waals surface area contributed by atoms with Gasteiger partial charge in [0.2, 0.25) is 0 Å². The Kier molecular flexibility index (Phi) is 6.40. The third-order valence-corrected chi connectivity index (χ3v) is 6.67. The van der Waals surface area contributed by atoms with Gasteiger partial charge in [-0.1, -0.05) is 18.2 Å². The van der Waals surface area contributed by atoms with Gasteiger partial charge in [-0.25, -0.2) is 0 Å². The van der Waals surface area contributed by atoms with Crippen LogP contribution in [0.25, 0.3) is 6.08 Å². The molecular formula is C20H16Br2N2O4S. The highest BCUT2D eigenvalue weighted by Crippen LogP contribution is 2.42. The van der Waals surface area contributed by atoms with Crippen molar-refractivity contribution in [2.75, 3.05) is 11.5 Å². The molecule has 0 saturated carbocycles. The molecule has 1 fully saturated rings. The van der Waals surface area contributed by atoms with Gasteiger partial charge in [-0.3, -0.25) is 19.8 Å². The molecule has 2 amide bonds. The monoisotopic (exact) mass is 538 g/mol. The van der Waals surface area contributed by atoms with E-state index >= 15 is 0 Å². The van der Waals surface area contributed by atoms with Gasteiger partial charge in [-0.05, 0) is 87.3 Å². The largest absolute Gasteiger partial charge is 0.503 e. The van der Waals surface area contributed by atoms with Crippen LogP contribution in [0.1, 0.15) is 18.1 Å². The molecule has 2 aromatic rings.